The molecule has 5 nitrogen and oxygen atoms in total. The molecule has 0 aliphatic rings. The number of rotatable bonds is 8. The maximum Gasteiger partial charge on any atom is 0.221 e. The van der Waals surface area contributed by atoms with Crippen molar-refractivity contribution in [2.24, 2.45) is 0 Å². The predicted molar refractivity (Wildman–Crippen MR) is 83.0 cm³/mol. The molecule has 2 aromatic rings. The Kier molecular flexibility index (Phi) is 5.97. The molecule has 0 spiro atoms. The number of carbonyl (C=O) groups is 1. The van der Waals surface area contributed by atoms with Gasteiger partial charge in [-0.1, -0.05) is 30.3 Å². The van der Waals surface area contributed by atoms with E-state index in [1.807, 2.05) is 31.4 Å². The van der Waals surface area contributed by atoms with Gasteiger partial charge >= 0.3 is 0 Å². The number of hydrogen-bond acceptors (Lipinski definition) is 3. The average Bonchev–Trinajstić information content (AvgIpc) is 2.93. The third-order valence-corrected chi connectivity index (χ3v) is 3.27. The Morgan fingerprint density at radius 2 is 2.05 bits per heavy atom. The van der Waals surface area contributed by atoms with Crippen LogP contribution in [0.1, 0.15) is 17.8 Å². The normalized spacial score (nSPS) is 10.5. The van der Waals surface area contributed by atoms with Crippen molar-refractivity contribution >= 4 is 5.91 Å². The summed E-state index contributed by atoms with van der Waals surface area (Å²) in [5, 5.41) is 5.88. The monoisotopic (exact) mass is 286 g/mol. The number of nitrogens with one attached hydrogen (secondary N) is 2. The van der Waals surface area contributed by atoms with Crippen LogP contribution in [0.4, 0.5) is 0 Å². The van der Waals surface area contributed by atoms with Gasteiger partial charge in [0.2, 0.25) is 5.91 Å². The van der Waals surface area contributed by atoms with Crippen molar-refractivity contribution in [3.63, 3.8) is 0 Å². The van der Waals surface area contributed by atoms with Crippen molar-refractivity contribution in [3.8, 4) is 0 Å². The predicted octanol–water partition coefficient (Wildman–Crippen LogP) is 1.20. The lowest BCUT2D eigenvalue weighted by Gasteiger charge is -2.09. The first-order valence-corrected chi connectivity index (χ1v) is 7.25. The van der Waals surface area contributed by atoms with E-state index < -0.39 is 0 Å². The summed E-state index contributed by atoms with van der Waals surface area (Å²) in [4.78, 5) is 15.9. The van der Waals surface area contributed by atoms with Crippen molar-refractivity contribution < 1.29 is 4.79 Å². The number of imidazole rings is 1. The molecule has 0 bridgehead atoms. The highest BCUT2D eigenvalue weighted by atomic mass is 16.1. The number of benzene rings is 1. The first-order chi connectivity index (χ1) is 10.3. The minimum Gasteiger partial charge on any atom is -0.356 e. The van der Waals surface area contributed by atoms with Gasteiger partial charge in [-0.2, -0.15) is 0 Å². The van der Waals surface area contributed by atoms with Crippen LogP contribution in [0.2, 0.25) is 0 Å². The quantitative estimate of drug-likeness (QED) is 0.766. The number of nitrogens with zero attached hydrogens (tertiary/aromatic N) is 2. The van der Waals surface area contributed by atoms with Crippen LogP contribution < -0.4 is 10.6 Å². The smallest absolute Gasteiger partial charge is 0.221 e. The Morgan fingerprint density at radius 3 is 2.81 bits per heavy atom. The second-order valence-corrected chi connectivity index (χ2v) is 4.91. The summed E-state index contributed by atoms with van der Waals surface area (Å²) >= 11 is 0. The standard InChI is InChI=1S/C16H22N4O/c1-17-9-8-16(21)19-10-7-15-18-11-12-20(15)13-14-5-3-2-4-6-14/h2-6,11-12,17H,7-10,13H2,1H3,(H,19,21). The fraction of sp³-hybridized carbons (Fsp3) is 0.375. The van der Waals surface area contributed by atoms with E-state index in [1.165, 1.54) is 5.56 Å². The Bertz CT molecular complexity index is 550. The Hall–Kier alpha value is -2.14. The van der Waals surface area contributed by atoms with E-state index in [4.69, 9.17) is 0 Å². The summed E-state index contributed by atoms with van der Waals surface area (Å²) in [7, 11) is 1.84. The molecular formula is C16H22N4O. The van der Waals surface area contributed by atoms with Gasteiger partial charge in [-0.15, -0.1) is 0 Å². The molecule has 0 saturated carbocycles. The SMILES string of the molecule is CNCCC(=O)NCCc1nccn1Cc1ccccc1. The van der Waals surface area contributed by atoms with Gasteiger partial charge in [-0.25, -0.2) is 4.98 Å². The Morgan fingerprint density at radius 1 is 1.24 bits per heavy atom. The molecule has 2 N–H and O–H groups in total. The van der Waals surface area contributed by atoms with Gasteiger partial charge in [0, 0.05) is 44.9 Å². The van der Waals surface area contributed by atoms with Crippen molar-refractivity contribution in [2.45, 2.75) is 19.4 Å². The van der Waals surface area contributed by atoms with E-state index >= 15 is 0 Å². The van der Waals surface area contributed by atoms with E-state index in [1.54, 1.807) is 6.20 Å². The van der Waals surface area contributed by atoms with Crippen LogP contribution in [-0.2, 0) is 17.8 Å². The van der Waals surface area contributed by atoms with Crippen LogP contribution in [-0.4, -0.2) is 35.6 Å². The molecule has 0 aliphatic heterocycles. The zero-order valence-corrected chi connectivity index (χ0v) is 12.4. The summed E-state index contributed by atoms with van der Waals surface area (Å²) in [6.07, 6.45) is 5.03. The second kappa shape index (κ2) is 8.21. The molecule has 1 heterocycles. The van der Waals surface area contributed by atoms with Crippen molar-refractivity contribution in [2.75, 3.05) is 20.1 Å². The Balaban J connectivity index is 1.82. The molecule has 1 amide bonds. The van der Waals surface area contributed by atoms with Crippen LogP contribution >= 0.6 is 0 Å². The number of carbonyl (C=O) groups excluding carboxylic acids is 1. The summed E-state index contributed by atoms with van der Waals surface area (Å²) < 4.78 is 2.12. The molecule has 112 valence electrons. The highest BCUT2D eigenvalue weighted by Crippen LogP contribution is 2.05. The maximum absolute atomic E-state index is 11.5. The minimum atomic E-state index is 0.0746. The summed E-state index contributed by atoms with van der Waals surface area (Å²) in [5.41, 5.74) is 1.25. The van der Waals surface area contributed by atoms with Gasteiger partial charge in [0.1, 0.15) is 5.82 Å². The van der Waals surface area contributed by atoms with Crippen molar-refractivity contribution in [3.05, 3.63) is 54.1 Å². The lowest BCUT2D eigenvalue weighted by atomic mass is 10.2. The molecule has 0 radical (unpaired) electrons. The van der Waals surface area contributed by atoms with Crippen LogP contribution in [0.5, 0.6) is 0 Å². The number of amides is 1. The van der Waals surface area contributed by atoms with Crippen molar-refractivity contribution in [1.29, 1.82) is 0 Å². The Labute approximate surface area is 125 Å². The summed E-state index contributed by atoms with van der Waals surface area (Å²) in [5.74, 6) is 1.07. The molecule has 0 saturated heterocycles. The molecule has 5 heteroatoms. The molecule has 1 aromatic heterocycles. The molecule has 1 aromatic carbocycles. The summed E-state index contributed by atoms with van der Waals surface area (Å²) in [6, 6.07) is 10.3. The topological polar surface area (TPSA) is 59.0 Å². The van der Waals surface area contributed by atoms with Crippen molar-refractivity contribution in [1.82, 2.24) is 20.2 Å². The van der Waals surface area contributed by atoms with E-state index in [0.29, 0.717) is 19.5 Å². The number of hydrogen-bond donors (Lipinski definition) is 2. The fourth-order valence-corrected chi connectivity index (χ4v) is 2.13. The van der Waals surface area contributed by atoms with Gasteiger partial charge < -0.3 is 15.2 Å². The van der Waals surface area contributed by atoms with Crippen LogP contribution in [0.25, 0.3) is 0 Å². The zero-order valence-electron chi connectivity index (χ0n) is 12.4. The largest absolute Gasteiger partial charge is 0.356 e. The number of aromatic nitrogens is 2. The van der Waals surface area contributed by atoms with E-state index in [2.05, 4.69) is 32.3 Å². The van der Waals surface area contributed by atoms with E-state index in [9.17, 15) is 4.79 Å². The molecule has 0 atom stereocenters. The van der Waals surface area contributed by atoms with E-state index in [-0.39, 0.29) is 5.91 Å². The highest BCUT2D eigenvalue weighted by molar-refractivity contribution is 5.76. The lowest BCUT2D eigenvalue weighted by molar-refractivity contribution is -0.120. The molecule has 0 unspecified atom stereocenters. The second-order valence-electron chi connectivity index (χ2n) is 4.91. The van der Waals surface area contributed by atoms with Gasteiger partial charge in [0.25, 0.3) is 0 Å². The molecule has 0 fully saturated rings. The van der Waals surface area contributed by atoms with Crippen LogP contribution in [0, 0.1) is 0 Å². The average molecular weight is 286 g/mol. The van der Waals surface area contributed by atoms with Crippen LogP contribution in [0.15, 0.2) is 42.7 Å². The first kappa shape index (κ1) is 15.3. The molecule has 0 aliphatic carbocycles. The van der Waals surface area contributed by atoms with Gasteiger partial charge in [0.15, 0.2) is 0 Å². The van der Waals surface area contributed by atoms with Gasteiger partial charge in [0.05, 0.1) is 0 Å². The molecule has 2 rings (SSSR count). The van der Waals surface area contributed by atoms with Gasteiger partial charge in [-0.3, -0.25) is 4.79 Å². The fourth-order valence-electron chi connectivity index (χ4n) is 2.13. The summed E-state index contributed by atoms with van der Waals surface area (Å²) in [6.45, 7) is 2.13. The van der Waals surface area contributed by atoms with E-state index in [0.717, 1.165) is 18.8 Å². The maximum atomic E-state index is 11.5. The first-order valence-electron chi connectivity index (χ1n) is 7.25. The third kappa shape index (κ3) is 5.04. The molecule has 21 heavy (non-hydrogen) atoms. The lowest BCUT2D eigenvalue weighted by Crippen LogP contribution is -2.28. The van der Waals surface area contributed by atoms with Crippen LogP contribution in [0.3, 0.4) is 0 Å². The molecular weight excluding hydrogens is 264 g/mol. The third-order valence-electron chi connectivity index (χ3n) is 3.27. The minimum absolute atomic E-state index is 0.0746. The highest BCUT2D eigenvalue weighted by Gasteiger charge is 2.05. The van der Waals surface area contributed by atoms with Gasteiger partial charge in [-0.05, 0) is 12.6 Å². The zero-order chi connectivity index (χ0) is 14.9.